The fraction of sp³-hybridized carbons (Fsp3) is 0.769. The van der Waals surface area contributed by atoms with E-state index in [-0.39, 0.29) is 5.54 Å². The van der Waals surface area contributed by atoms with Crippen LogP contribution in [0.25, 0.3) is 0 Å². The molecule has 0 bridgehead atoms. The molecule has 0 unspecified atom stereocenters. The van der Waals surface area contributed by atoms with Crippen LogP contribution in [0.5, 0.6) is 0 Å². The number of nitrogens with zero attached hydrogens (tertiary/aromatic N) is 1. The molecule has 0 aromatic carbocycles. The minimum Gasteiger partial charge on any atom is -0.444 e. The summed E-state index contributed by atoms with van der Waals surface area (Å²) in [5.41, 5.74) is 0.113. The minimum atomic E-state index is 0.113. The molecule has 16 heavy (non-hydrogen) atoms. The van der Waals surface area contributed by atoms with Crippen LogP contribution in [0.2, 0.25) is 0 Å². The normalized spacial score (nSPS) is 18.2. The van der Waals surface area contributed by atoms with Crippen molar-refractivity contribution >= 4 is 0 Å². The molecule has 1 aromatic heterocycles. The smallest absolute Gasteiger partial charge is 0.208 e. The Kier molecular flexibility index (Phi) is 3.33. The first-order valence-electron chi connectivity index (χ1n) is 6.24. The van der Waals surface area contributed by atoms with Crippen molar-refractivity contribution < 1.29 is 4.42 Å². The topological polar surface area (TPSA) is 38.1 Å². The molecule has 90 valence electrons. The SMILES string of the molecule is CC(C)(C)NCc1ncc(C2CCCC2)o1. The van der Waals surface area contributed by atoms with Gasteiger partial charge in [-0.15, -0.1) is 0 Å². The van der Waals surface area contributed by atoms with Gasteiger partial charge in [0.05, 0.1) is 12.7 Å². The number of hydrogen-bond donors (Lipinski definition) is 1. The Labute approximate surface area is 97.6 Å². The summed E-state index contributed by atoms with van der Waals surface area (Å²) < 4.78 is 5.79. The third kappa shape index (κ3) is 3.08. The van der Waals surface area contributed by atoms with E-state index in [0.717, 1.165) is 18.2 Å². The van der Waals surface area contributed by atoms with E-state index < -0.39 is 0 Å². The second-order valence-electron chi connectivity index (χ2n) is 5.74. The van der Waals surface area contributed by atoms with Crippen molar-refractivity contribution in [3.05, 3.63) is 17.8 Å². The van der Waals surface area contributed by atoms with Gasteiger partial charge in [-0.1, -0.05) is 12.8 Å². The van der Waals surface area contributed by atoms with Gasteiger partial charge in [0, 0.05) is 11.5 Å². The van der Waals surface area contributed by atoms with Crippen molar-refractivity contribution in [2.24, 2.45) is 0 Å². The van der Waals surface area contributed by atoms with Gasteiger partial charge >= 0.3 is 0 Å². The van der Waals surface area contributed by atoms with Crippen LogP contribution in [0.3, 0.4) is 0 Å². The molecule has 0 spiro atoms. The third-order valence-electron chi connectivity index (χ3n) is 3.10. The molecule has 0 saturated heterocycles. The molecule has 3 nitrogen and oxygen atoms in total. The van der Waals surface area contributed by atoms with Crippen LogP contribution in [0.4, 0.5) is 0 Å². The monoisotopic (exact) mass is 222 g/mol. The molecule has 0 aliphatic heterocycles. The van der Waals surface area contributed by atoms with E-state index in [2.05, 4.69) is 31.1 Å². The molecule has 1 heterocycles. The maximum atomic E-state index is 5.79. The Balaban J connectivity index is 1.91. The van der Waals surface area contributed by atoms with Crippen LogP contribution in [-0.4, -0.2) is 10.5 Å². The fourth-order valence-electron chi connectivity index (χ4n) is 2.15. The lowest BCUT2D eigenvalue weighted by molar-refractivity contribution is 0.363. The van der Waals surface area contributed by atoms with Crippen molar-refractivity contribution in [3.8, 4) is 0 Å². The highest BCUT2D eigenvalue weighted by Crippen LogP contribution is 2.34. The molecule has 0 amide bonds. The lowest BCUT2D eigenvalue weighted by Crippen LogP contribution is -2.35. The van der Waals surface area contributed by atoms with Crippen LogP contribution in [-0.2, 0) is 6.54 Å². The van der Waals surface area contributed by atoms with Gasteiger partial charge in [-0.3, -0.25) is 0 Å². The predicted octanol–water partition coefficient (Wildman–Crippen LogP) is 3.22. The molecular formula is C13H22N2O. The zero-order valence-electron chi connectivity index (χ0n) is 10.5. The maximum absolute atomic E-state index is 5.79. The van der Waals surface area contributed by atoms with Gasteiger partial charge in [0.1, 0.15) is 5.76 Å². The van der Waals surface area contributed by atoms with Gasteiger partial charge in [-0.2, -0.15) is 0 Å². The summed E-state index contributed by atoms with van der Waals surface area (Å²) >= 11 is 0. The second-order valence-corrected chi connectivity index (χ2v) is 5.74. The van der Waals surface area contributed by atoms with E-state index >= 15 is 0 Å². The first-order valence-corrected chi connectivity index (χ1v) is 6.24. The van der Waals surface area contributed by atoms with Crippen molar-refractivity contribution in [1.29, 1.82) is 0 Å². The molecule has 0 radical (unpaired) electrons. The van der Waals surface area contributed by atoms with Crippen LogP contribution in [0.1, 0.15) is 64.0 Å². The van der Waals surface area contributed by atoms with Gasteiger partial charge in [0.25, 0.3) is 0 Å². The van der Waals surface area contributed by atoms with Gasteiger partial charge in [0.2, 0.25) is 5.89 Å². The third-order valence-corrected chi connectivity index (χ3v) is 3.10. The minimum absolute atomic E-state index is 0.113. The highest BCUT2D eigenvalue weighted by molar-refractivity contribution is 5.03. The van der Waals surface area contributed by atoms with Crippen LogP contribution >= 0.6 is 0 Å². The summed E-state index contributed by atoms with van der Waals surface area (Å²) in [5.74, 6) is 2.52. The Morgan fingerprint density at radius 3 is 2.69 bits per heavy atom. The van der Waals surface area contributed by atoms with E-state index in [9.17, 15) is 0 Å². The number of aromatic nitrogens is 1. The first kappa shape index (κ1) is 11.6. The van der Waals surface area contributed by atoms with Gasteiger partial charge in [0.15, 0.2) is 0 Å². The van der Waals surface area contributed by atoms with Crippen molar-refractivity contribution in [3.63, 3.8) is 0 Å². The van der Waals surface area contributed by atoms with Crippen LogP contribution in [0.15, 0.2) is 10.6 Å². The summed E-state index contributed by atoms with van der Waals surface area (Å²) in [5, 5.41) is 3.39. The molecule has 0 atom stereocenters. The van der Waals surface area contributed by atoms with Crippen LogP contribution in [0, 0.1) is 0 Å². The van der Waals surface area contributed by atoms with E-state index in [0.29, 0.717) is 5.92 Å². The second kappa shape index (κ2) is 4.58. The fourth-order valence-corrected chi connectivity index (χ4v) is 2.15. The zero-order valence-corrected chi connectivity index (χ0v) is 10.5. The van der Waals surface area contributed by atoms with Crippen molar-refractivity contribution in [2.75, 3.05) is 0 Å². The molecule has 2 rings (SSSR count). The Morgan fingerprint density at radius 1 is 1.38 bits per heavy atom. The maximum Gasteiger partial charge on any atom is 0.208 e. The van der Waals surface area contributed by atoms with Gasteiger partial charge in [-0.05, 0) is 33.6 Å². The molecule has 1 saturated carbocycles. The van der Waals surface area contributed by atoms with Crippen molar-refractivity contribution in [2.45, 2.75) is 64.5 Å². The first-order chi connectivity index (χ1) is 7.54. The Bertz CT molecular complexity index is 332. The van der Waals surface area contributed by atoms with E-state index in [1.165, 1.54) is 25.7 Å². The molecule has 1 fully saturated rings. The average molecular weight is 222 g/mol. The van der Waals surface area contributed by atoms with Crippen LogP contribution < -0.4 is 5.32 Å². The summed E-state index contributed by atoms with van der Waals surface area (Å²) in [6, 6.07) is 0. The van der Waals surface area contributed by atoms with Gasteiger partial charge in [-0.25, -0.2) is 4.98 Å². The molecule has 1 aliphatic carbocycles. The summed E-state index contributed by atoms with van der Waals surface area (Å²) in [4.78, 5) is 4.33. The molecule has 1 aliphatic rings. The number of rotatable bonds is 3. The zero-order chi connectivity index (χ0) is 11.6. The molecule has 3 heteroatoms. The van der Waals surface area contributed by atoms with E-state index in [1.807, 2.05) is 6.20 Å². The van der Waals surface area contributed by atoms with E-state index in [1.54, 1.807) is 0 Å². The van der Waals surface area contributed by atoms with E-state index in [4.69, 9.17) is 4.42 Å². The Morgan fingerprint density at radius 2 is 2.06 bits per heavy atom. The van der Waals surface area contributed by atoms with Crippen molar-refractivity contribution in [1.82, 2.24) is 10.3 Å². The highest BCUT2D eigenvalue weighted by atomic mass is 16.4. The molecule has 1 N–H and O–H groups in total. The lowest BCUT2D eigenvalue weighted by Gasteiger charge is -2.18. The summed E-state index contributed by atoms with van der Waals surface area (Å²) in [7, 11) is 0. The highest BCUT2D eigenvalue weighted by Gasteiger charge is 2.21. The summed E-state index contributed by atoms with van der Waals surface area (Å²) in [6.45, 7) is 7.16. The predicted molar refractivity (Wildman–Crippen MR) is 64.3 cm³/mol. The number of nitrogens with one attached hydrogen (secondary N) is 1. The molecular weight excluding hydrogens is 200 g/mol. The molecule has 1 aromatic rings. The largest absolute Gasteiger partial charge is 0.444 e. The quantitative estimate of drug-likeness (QED) is 0.853. The standard InChI is InChI=1S/C13H22N2O/c1-13(2,3)15-9-12-14-8-11(16-12)10-6-4-5-7-10/h8,10,15H,4-7,9H2,1-3H3. The Hall–Kier alpha value is -0.830. The number of oxazole rings is 1. The summed E-state index contributed by atoms with van der Waals surface area (Å²) in [6.07, 6.45) is 7.11. The van der Waals surface area contributed by atoms with Gasteiger partial charge < -0.3 is 9.73 Å². The average Bonchev–Trinajstić information content (AvgIpc) is 2.84. The number of hydrogen-bond acceptors (Lipinski definition) is 3. The lowest BCUT2D eigenvalue weighted by atomic mass is 10.1.